The molecular formula is C34H37F3N6O3. The van der Waals surface area contributed by atoms with Crippen LogP contribution in [0.15, 0.2) is 30.5 Å². The van der Waals surface area contributed by atoms with Crippen LogP contribution < -0.4 is 15.0 Å². The van der Waals surface area contributed by atoms with Gasteiger partial charge >= 0.3 is 6.01 Å². The highest BCUT2D eigenvalue weighted by atomic mass is 19.1. The number of aliphatic hydroxyl groups excluding tert-OH is 1. The number of nitrogens with one attached hydrogen (secondary N) is 1. The number of rotatable bonds is 7. The molecule has 4 fully saturated rings. The Morgan fingerprint density at radius 1 is 1.11 bits per heavy atom. The summed E-state index contributed by atoms with van der Waals surface area (Å²) in [5.41, 5.74) is 0.373. The number of phenols is 1. The Morgan fingerprint density at radius 3 is 2.80 bits per heavy atom. The lowest BCUT2D eigenvalue weighted by Crippen LogP contribution is -2.43. The van der Waals surface area contributed by atoms with E-state index in [0.717, 1.165) is 25.9 Å². The molecule has 4 aliphatic rings. The van der Waals surface area contributed by atoms with Gasteiger partial charge in [-0.1, -0.05) is 13.0 Å². The van der Waals surface area contributed by atoms with Crippen LogP contribution >= 0.6 is 0 Å². The van der Waals surface area contributed by atoms with Crippen molar-refractivity contribution < 1.29 is 28.1 Å². The van der Waals surface area contributed by atoms with Crippen LogP contribution in [0, 0.1) is 23.5 Å². The fraction of sp³-hybridized carbons (Fsp3) is 0.500. The number of aliphatic hydroxyl groups is 1. The summed E-state index contributed by atoms with van der Waals surface area (Å²) < 4.78 is 52.0. The third-order valence-electron chi connectivity index (χ3n) is 10.8. The lowest BCUT2D eigenvalue weighted by Gasteiger charge is -2.31. The van der Waals surface area contributed by atoms with Gasteiger partial charge in [0.2, 0.25) is 0 Å². The number of aromatic nitrogens is 3. The highest BCUT2D eigenvalue weighted by Gasteiger charge is 2.49. The molecular weight excluding hydrogens is 597 g/mol. The average molecular weight is 635 g/mol. The number of aryl methyl sites for hydroxylation is 1. The first kappa shape index (κ1) is 29.6. The number of anilines is 1. The summed E-state index contributed by atoms with van der Waals surface area (Å²) in [7, 11) is 0. The van der Waals surface area contributed by atoms with E-state index in [1.54, 1.807) is 6.07 Å². The molecule has 2 aromatic carbocycles. The van der Waals surface area contributed by atoms with Crippen LogP contribution in [0.2, 0.25) is 0 Å². The number of phenolic OH excluding ortho intramolecular Hbond substituents is 1. The second kappa shape index (κ2) is 11.2. The second-order valence-corrected chi connectivity index (χ2v) is 13.4. The van der Waals surface area contributed by atoms with Crippen molar-refractivity contribution in [3.05, 3.63) is 47.7 Å². The molecule has 9 nitrogen and oxygen atoms in total. The van der Waals surface area contributed by atoms with E-state index < -0.39 is 23.3 Å². The van der Waals surface area contributed by atoms with Gasteiger partial charge in [0.15, 0.2) is 5.82 Å². The summed E-state index contributed by atoms with van der Waals surface area (Å²) in [5, 5.41) is 25.6. The van der Waals surface area contributed by atoms with Gasteiger partial charge in [-0.3, -0.25) is 9.88 Å². The number of ether oxygens (including phenoxy) is 1. The molecule has 12 heteroatoms. The van der Waals surface area contributed by atoms with Crippen LogP contribution in [-0.4, -0.2) is 93.8 Å². The Hall–Kier alpha value is -3.74. The number of alkyl halides is 1. The molecule has 242 valence electrons. The Labute approximate surface area is 264 Å². The van der Waals surface area contributed by atoms with E-state index in [9.17, 15) is 19.0 Å². The molecule has 0 saturated carbocycles. The minimum absolute atomic E-state index is 0.00179. The van der Waals surface area contributed by atoms with E-state index in [2.05, 4.69) is 25.1 Å². The van der Waals surface area contributed by atoms with Crippen molar-refractivity contribution in [2.45, 2.75) is 50.4 Å². The van der Waals surface area contributed by atoms with Crippen molar-refractivity contribution in [2.24, 2.45) is 11.8 Å². The van der Waals surface area contributed by atoms with Crippen LogP contribution in [0.4, 0.5) is 19.0 Å². The molecule has 4 aliphatic heterocycles. The topological polar surface area (TPSA) is 107 Å². The van der Waals surface area contributed by atoms with Gasteiger partial charge in [-0.05, 0) is 66.6 Å². The first-order valence-electron chi connectivity index (χ1n) is 16.2. The van der Waals surface area contributed by atoms with Crippen LogP contribution in [0.3, 0.4) is 0 Å². The molecule has 3 N–H and O–H groups in total. The van der Waals surface area contributed by atoms with Gasteiger partial charge in [-0.15, -0.1) is 0 Å². The number of hydrogen-bond acceptors (Lipinski definition) is 9. The molecule has 0 spiro atoms. The van der Waals surface area contributed by atoms with E-state index in [4.69, 9.17) is 9.72 Å². The van der Waals surface area contributed by atoms with Crippen molar-refractivity contribution in [2.75, 3.05) is 50.8 Å². The summed E-state index contributed by atoms with van der Waals surface area (Å²) in [4.78, 5) is 18.1. The molecule has 5 atom stereocenters. The van der Waals surface area contributed by atoms with E-state index in [1.165, 1.54) is 24.4 Å². The molecule has 0 radical (unpaired) electrons. The van der Waals surface area contributed by atoms with E-state index in [0.29, 0.717) is 60.0 Å². The lowest BCUT2D eigenvalue weighted by atomic mass is 9.94. The number of halogens is 3. The lowest BCUT2D eigenvalue weighted by molar-refractivity contribution is 0.107. The largest absolute Gasteiger partial charge is 0.508 e. The summed E-state index contributed by atoms with van der Waals surface area (Å²) in [6.07, 6.45) is 3.25. The van der Waals surface area contributed by atoms with Crippen LogP contribution in [0.25, 0.3) is 32.9 Å². The number of benzene rings is 2. The van der Waals surface area contributed by atoms with E-state index >= 15 is 4.39 Å². The third-order valence-corrected chi connectivity index (χ3v) is 10.8. The molecule has 4 aromatic rings. The number of hydrogen-bond donors (Lipinski definition) is 3. The molecule has 2 aromatic heterocycles. The smallest absolute Gasteiger partial charge is 0.319 e. The normalized spacial score (nSPS) is 27.6. The van der Waals surface area contributed by atoms with Crippen molar-refractivity contribution >= 4 is 27.5 Å². The zero-order valence-electron chi connectivity index (χ0n) is 25.6. The third kappa shape index (κ3) is 4.67. The predicted molar refractivity (Wildman–Crippen MR) is 168 cm³/mol. The molecule has 46 heavy (non-hydrogen) atoms. The fourth-order valence-electron chi connectivity index (χ4n) is 8.57. The van der Waals surface area contributed by atoms with Crippen molar-refractivity contribution in [3.8, 4) is 23.0 Å². The molecule has 4 saturated heterocycles. The Morgan fingerprint density at radius 2 is 1.98 bits per heavy atom. The number of aromatic hydroxyl groups is 1. The van der Waals surface area contributed by atoms with Crippen molar-refractivity contribution in [3.63, 3.8) is 0 Å². The second-order valence-electron chi connectivity index (χ2n) is 13.4. The minimum Gasteiger partial charge on any atom is -0.508 e. The standard InChI is InChI=1S/C34H37F3N6O3/c1-2-21-22-5-4-19(35)8-23(22)24(9-28(21)45)30-29(37)31-25(12-39-30)32(42-13-18-11-38-27(16-44)26(18)15-42)41-33(40-31)46-17-34-6-3-7-43(34)14-20(36)10-34/h4-5,8-9,12,18,20,26-27,38,44-45H,2-3,6-7,10-11,13-17H2,1H3/t18?,20-,26?,27?,34+/m1/s1. The fourth-order valence-corrected chi connectivity index (χ4v) is 8.57. The summed E-state index contributed by atoms with van der Waals surface area (Å²) in [5.74, 6) is -0.274. The van der Waals surface area contributed by atoms with E-state index in [1.807, 2.05) is 6.92 Å². The zero-order chi connectivity index (χ0) is 31.7. The monoisotopic (exact) mass is 634 g/mol. The van der Waals surface area contributed by atoms with E-state index in [-0.39, 0.29) is 59.6 Å². The molecule has 6 heterocycles. The van der Waals surface area contributed by atoms with Crippen molar-refractivity contribution in [1.82, 2.24) is 25.2 Å². The maximum atomic E-state index is 16.8. The SMILES string of the molecule is CCc1c(O)cc(-c2ncc3c(N4CC5CNC(CO)C5C4)nc(OC[C@@]45CCCN4C[C@H](F)C5)nc3c2F)c2cc(F)ccc12. The zero-order valence-corrected chi connectivity index (χ0v) is 25.6. The van der Waals surface area contributed by atoms with Crippen molar-refractivity contribution in [1.29, 1.82) is 0 Å². The van der Waals surface area contributed by atoms with Gasteiger partial charge in [0.05, 0.1) is 17.5 Å². The van der Waals surface area contributed by atoms with Crippen LogP contribution in [0.1, 0.15) is 31.7 Å². The van der Waals surface area contributed by atoms with Gasteiger partial charge in [-0.2, -0.15) is 9.97 Å². The highest BCUT2D eigenvalue weighted by Crippen LogP contribution is 2.43. The predicted octanol–water partition coefficient (Wildman–Crippen LogP) is 4.36. The first-order chi connectivity index (χ1) is 22.3. The molecule has 0 amide bonds. The minimum atomic E-state index is -0.921. The number of fused-ring (bicyclic) bond motifs is 4. The maximum absolute atomic E-state index is 16.8. The highest BCUT2D eigenvalue weighted by molar-refractivity contribution is 6.01. The van der Waals surface area contributed by atoms with Crippen LogP contribution in [0.5, 0.6) is 11.8 Å². The van der Waals surface area contributed by atoms with Gasteiger partial charge < -0.3 is 25.2 Å². The van der Waals surface area contributed by atoms with Gasteiger partial charge in [0, 0.05) is 56.0 Å². The quantitative estimate of drug-likeness (QED) is 0.274. The summed E-state index contributed by atoms with van der Waals surface area (Å²) >= 11 is 0. The van der Waals surface area contributed by atoms with Gasteiger partial charge in [-0.25, -0.2) is 13.2 Å². The Kier molecular flexibility index (Phi) is 7.22. The van der Waals surface area contributed by atoms with Crippen LogP contribution in [-0.2, 0) is 6.42 Å². The number of nitrogens with zero attached hydrogens (tertiary/aromatic N) is 5. The molecule has 0 bridgehead atoms. The maximum Gasteiger partial charge on any atom is 0.319 e. The first-order valence-corrected chi connectivity index (χ1v) is 16.2. The Bertz CT molecular complexity index is 1840. The molecule has 0 aliphatic carbocycles. The van der Waals surface area contributed by atoms with Gasteiger partial charge in [0.25, 0.3) is 0 Å². The summed E-state index contributed by atoms with van der Waals surface area (Å²) in [6, 6.07) is 5.64. The molecule has 3 unspecified atom stereocenters. The average Bonchev–Trinajstić information content (AvgIpc) is 3.80. The van der Waals surface area contributed by atoms with Gasteiger partial charge in [0.1, 0.15) is 41.4 Å². The summed E-state index contributed by atoms with van der Waals surface area (Å²) in [6.45, 7) is 5.32. The molecule has 8 rings (SSSR count). The number of pyridine rings is 1. The Balaban J connectivity index is 1.25.